The zero-order chi connectivity index (χ0) is 4.50. The van der Waals surface area contributed by atoms with Gasteiger partial charge in [0, 0.05) is 0 Å². The summed E-state index contributed by atoms with van der Waals surface area (Å²) in [4.78, 5) is 0. The van der Waals surface area contributed by atoms with E-state index >= 15 is 0 Å². The van der Waals surface area contributed by atoms with Crippen molar-refractivity contribution >= 4 is 27.3 Å². The van der Waals surface area contributed by atoms with Gasteiger partial charge in [-0.3, -0.25) is 0 Å². The van der Waals surface area contributed by atoms with Gasteiger partial charge in [-0.1, -0.05) is 0 Å². The molecular formula is H3ClO4Pb. The molecule has 0 fully saturated rings. The second-order valence-electron chi connectivity index (χ2n) is 0.396. The van der Waals surface area contributed by atoms with Gasteiger partial charge in [0.2, 0.25) is 0 Å². The van der Waals surface area contributed by atoms with Crippen LogP contribution in [0.25, 0.3) is 0 Å². The Kier molecular flexibility index (Phi) is 5.24. The molecule has 0 saturated carbocycles. The van der Waals surface area contributed by atoms with Crippen LogP contribution < -0.4 is 14.0 Å². The molecule has 0 atom stereocenters. The first-order valence-electron chi connectivity index (χ1n) is 0.632. The maximum absolute atomic E-state index is 8.60. The third-order valence-corrected chi connectivity index (χ3v) is 0. The summed E-state index contributed by atoms with van der Waals surface area (Å²) in [6.07, 6.45) is 0. The molecule has 0 saturated heterocycles. The molecule has 0 spiro atoms. The van der Waals surface area contributed by atoms with Crippen molar-refractivity contribution in [3.8, 4) is 0 Å². The van der Waals surface area contributed by atoms with Crippen molar-refractivity contribution in [1.82, 2.24) is 0 Å². The van der Waals surface area contributed by atoms with E-state index in [1.165, 1.54) is 0 Å². The van der Waals surface area contributed by atoms with Crippen LogP contribution in [0.4, 0.5) is 0 Å². The van der Waals surface area contributed by atoms with E-state index < -0.39 is 10.2 Å². The molecule has 0 aliphatic carbocycles. The molecule has 0 aromatic heterocycles. The maximum atomic E-state index is 8.60. The van der Waals surface area contributed by atoms with Crippen molar-refractivity contribution in [3.63, 3.8) is 0 Å². The molecule has 0 aromatic carbocycles. The molecule has 0 unspecified atom stereocenters. The van der Waals surface area contributed by atoms with E-state index in [0.29, 0.717) is 0 Å². The zero-order valence-corrected chi connectivity index (χ0v) is 9.01. The van der Waals surface area contributed by atoms with E-state index in [4.69, 9.17) is 18.6 Å². The van der Waals surface area contributed by atoms with E-state index in [2.05, 4.69) is 0 Å². The molecule has 0 rings (SSSR count). The average Bonchev–Trinajstić information content (AvgIpc) is 0.722. The van der Waals surface area contributed by atoms with Crippen LogP contribution in [-0.4, -0.2) is 32.0 Å². The average molecular weight is 310 g/mol. The Labute approximate surface area is 56.3 Å². The fraction of sp³-hybridized carbons (Fsp3) is 0. The second kappa shape index (κ2) is 3.11. The summed E-state index contributed by atoms with van der Waals surface area (Å²) in [7, 11) is -4.69. The van der Waals surface area contributed by atoms with Crippen LogP contribution in [0.1, 0.15) is 0 Å². The van der Waals surface area contributed by atoms with Crippen molar-refractivity contribution < 1.29 is 28.9 Å². The number of hydrogen-bond acceptors (Lipinski definition) is 4. The molecule has 4 nitrogen and oxygen atoms in total. The summed E-state index contributed by atoms with van der Waals surface area (Å²) in [6.45, 7) is 0. The quantitative estimate of drug-likeness (QED) is 0.454. The van der Waals surface area contributed by atoms with Crippen LogP contribution >= 0.6 is 0 Å². The Morgan fingerprint density at radius 1 is 1.17 bits per heavy atom. The van der Waals surface area contributed by atoms with E-state index in [9.17, 15) is 0 Å². The summed E-state index contributed by atoms with van der Waals surface area (Å²) >= 11 is 0. The van der Waals surface area contributed by atoms with Crippen LogP contribution in [0.5, 0.6) is 0 Å². The summed E-state index contributed by atoms with van der Waals surface area (Å²) in [5, 5.41) is 0. The van der Waals surface area contributed by atoms with Crippen LogP contribution in [0.2, 0.25) is 0 Å². The number of rotatable bonds is 0. The van der Waals surface area contributed by atoms with Crippen LogP contribution in [0.3, 0.4) is 0 Å². The SMILES string of the molecule is [O-][Cl+3]([O-])([O-])O.[PbH2]. The van der Waals surface area contributed by atoms with Gasteiger partial charge in [-0.05, 0) is 0 Å². The summed E-state index contributed by atoms with van der Waals surface area (Å²) < 4.78 is 32.7. The van der Waals surface area contributed by atoms with Crippen LogP contribution in [0.15, 0.2) is 0 Å². The normalized spacial score (nSPS) is 10.0. The van der Waals surface area contributed by atoms with Gasteiger partial charge >= 0.3 is 27.3 Å². The summed E-state index contributed by atoms with van der Waals surface area (Å²) in [5.74, 6) is 0. The van der Waals surface area contributed by atoms with Gasteiger partial charge in [-0.2, -0.15) is 14.0 Å². The molecule has 0 aromatic rings. The minimum atomic E-state index is -4.69. The first-order valence-corrected chi connectivity index (χ1v) is 1.90. The molecule has 38 valence electrons. The molecule has 0 aliphatic heterocycles. The van der Waals surface area contributed by atoms with Gasteiger partial charge < -0.3 is 0 Å². The Morgan fingerprint density at radius 2 is 1.17 bits per heavy atom. The molecule has 1 N–H and O–H groups in total. The summed E-state index contributed by atoms with van der Waals surface area (Å²) in [6, 6.07) is 0. The molecule has 0 bridgehead atoms. The predicted octanol–water partition coefficient (Wildman–Crippen LogP) is -5.04. The number of halogens is 1. The third-order valence-electron chi connectivity index (χ3n) is 0. The van der Waals surface area contributed by atoms with Gasteiger partial charge in [0.15, 0.2) is 0 Å². The fourth-order valence-electron chi connectivity index (χ4n) is 0. The molecule has 0 aliphatic rings. The topological polar surface area (TPSA) is 89.4 Å². The van der Waals surface area contributed by atoms with E-state index in [0.717, 1.165) is 0 Å². The van der Waals surface area contributed by atoms with Crippen molar-refractivity contribution in [1.29, 1.82) is 0 Å². The molecule has 2 radical (unpaired) electrons. The zero-order valence-electron chi connectivity index (χ0n) is 2.76. The Bertz CT molecular complexity index is 23.0. The molecule has 6 heteroatoms. The predicted molar refractivity (Wildman–Crippen MR) is 10.8 cm³/mol. The van der Waals surface area contributed by atoms with Crippen molar-refractivity contribution in [2.24, 2.45) is 0 Å². The van der Waals surface area contributed by atoms with Gasteiger partial charge in [0.1, 0.15) is 0 Å². The first kappa shape index (κ1) is 10.1. The third kappa shape index (κ3) is 74.9. The van der Waals surface area contributed by atoms with Gasteiger partial charge in [0.05, 0.1) is 14.9 Å². The Morgan fingerprint density at radius 3 is 1.17 bits per heavy atom. The molecular weight excluding hydrogens is 307 g/mol. The van der Waals surface area contributed by atoms with Gasteiger partial charge in [-0.15, -0.1) is 0 Å². The first-order chi connectivity index (χ1) is 2.00. The Hall–Kier alpha value is 1.05. The van der Waals surface area contributed by atoms with Gasteiger partial charge in [-0.25, -0.2) is 0 Å². The molecule has 6 heavy (non-hydrogen) atoms. The standard InChI is InChI=1S/ClHO4.Pb.2H/c2-1(3,4)5;;;/h(H,2,3,4,5);;;. The fourth-order valence-corrected chi connectivity index (χ4v) is 0. The van der Waals surface area contributed by atoms with E-state index in [1.807, 2.05) is 0 Å². The van der Waals surface area contributed by atoms with Crippen LogP contribution in [-0.2, 0) is 0 Å². The monoisotopic (exact) mass is 310 g/mol. The van der Waals surface area contributed by atoms with Gasteiger partial charge in [0.25, 0.3) is 0 Å². The summed E-state index contributed by atoms with van der Waals surface area (Å²) in [5.41, 5.74) is 0. The Balaban J connectivity index is 0. The second-order valence-corrected chi connectivity index (χ2v) is 1.19. The van der Waals surface area contributed by atoms with Crippen LogP contribution in [0, 0.1) is 10.2 Å². The van der Waals surface area contributed by atoms with E-state index in [-0.39, 0.29) is 27.3 Å². The minimum absolute atomic E-state index is 0. The van der Waals surface area contributed by atoms with Crippen molar-refractivity contribution in [3.05, 3.63) is 0 Å². The molecule has 0 heterocycles. The number of hydrogen-bond donors (Lipinski definition) is 1. The van der Waals surface area contributed by atoms with E-state index in [1.54, 1.807) is 0 Å². The molecule has 0 amide bonds. The van der Waals surface area contributed by atoms with Crippen molar-refractivity contribution in [2.75, 3.05) is 0 Å². The van der Waals surface area contributed by atoms with Crippen molar-refractivity contribution in [2.45, 2.75) is 0 Å².